The van der Waals surface area contributed by atoms with Gasteiger partial charge in [0.2, 0.25) is 11.0 Å². The van der Waals surface area contributed by atoms with Crippen molar-refractivity contribution in [2.24, 2.45) is 5.41 Å². The average molecular weight is 456 g/mol. The van der Waals surface area contributed by atoms with E-state index in [1.165, 1.54) is 28.0 Å². The number of hydrogen-bond acceptors (Lipinski definition) is 4. The van der Waals surface area contributed by atoms with Gasteiger partial charge in [-0.05, 0) is 33.7 Å². The van der Waals surface area contributed by atoms with Crippen LogP contribution < -0.4 is 5.32 Å². The van der Waals surface area contributed by atoms with Crippen LogP contribution in [0.2, 0.25) is 0 Å². The first-order valence-electron chi connectivity index (χ1n) is 11.2. The first kappa shape index (κ1) is 22.9. The fourth-order valence-electron chi connectivity index (χ4n) is 4.23. The second-order valence-electron chi connectivity index (χ2n) is 9.17. The van der Waals surface area contributed by atoms with E-state index < -0.39 is 5.41 Å². The first-order valence-corrected chi connectivity index (χ1v) is 12.1. The quantitative estimate of drug-likeness (QED) is 0.323. The van der Waals surface area contributed by atoms with Gasteiger partial charge in [-0.15, -0.1) is 10.2 Å². The molecule has 0 fully saturated rings. The molecular weight excluding hydrogens is 426 g/mol. The van der Waals surface area contributed by atoms with E-state index in [2.05, 4.69) is 90.0 Å². The van der Waals surface area contributed by atoms with E-state index in [4.69, 9.17) is 0 Å². The highest BCUT2D eigenvalue weighted by molar-refractivity contribution is 7.13. The first-order chi connectivity index (χ1) is 15.9. The molecule has 3 aromatic carbocycles. The molecule has 168 valence electrons. The lowest BCUT2D eigenvalue weighted by Gasteiger charge is -2.34. The number of anilines is 1. The van der Waals surface area contributed by atoms with Gasteiger partial charge in [-0.1, -0.05) is 118 Å². The lowest BCUT2D eigenvalue weighted by Crippen LogP contribution is -2.37. The van der Waals surface area contributed by atoms with Crippen molar-refractivity contribution in [3.05, 3.63) is 101 Å². The molecule has 0 aliphatic carbocycles. The third-order valence-electron chi connectivity index (χ3n) is 6.15. The maximum atomic E-state index is 13.3. The molecule has 0 bridgehead atoms. The van der Waals surface area contributed by atoms with E-state index >= 15 is 0 Å². The predicted molar refractivity (Wildman–Crippen MR) is 137 cm³/mol. The number of aromatic nitrogens is 2. The van der Waals surface area contributed by atoms with E-state index in [9.17, 15) is 4.79 Å². The fraction of sp³-hybridized carbons (Fsp3) is 0.250. The highest BCUT2D eigenvalue weighted by Crippen LogP contribution is 2.42. The molecule has 1 amide bonds. The van der Waals surface area contributed by atoms with E-state index in [-0.39, 0.29) is 11.8 Å². The van der Waals surface area contributed by atoms with Crippen molar-refractivity contribution in [3.8, 4) is 11.1 Å². The van der Waals surface area contributed by atoms with Crippen LogP contribution in [-0.2, 0) is 4.79 Å². The van der Waals surface area contributed by atoms with Gasteiger partial charge in [0.1, 0.15) is 5.51 Å². The standard InChI is InChI=1S/C28H29N3OS/c1-19(2)23-11-8-12-24(17-23)20-13-15-22(16-14-20)25(21-9-6-5-7-10-21)28(3,4)26(32)30-27-31-29-18-33-27/h5-19,25H,1-4H3,(H,30,31,32). The Morgan fingerprint density at radius 3 is 2.15 bits per heavy atom. The third-order valence-corrected chi connectivity index (χ3v) is 6.76. The average Bonchev–Trinajstić information content (AvgIpc) is 3.33. The largest absolute Gasteiger partial charge is 0.300 e. The van der Waals surface area contributed by atoms with Gasteiger partial charge in [0.25, 0.3) is 0 Å². The van der Waals surface area contributed by atoms with Gasteiger partial charge >= 0.3 is 0 Å². The Bertz CT molecular complexity index is 1200. The molecular formula is C28H29N3OS. The van der Waals surface area contributed by atoms with Crippen LogP contribution in [0.25, 0.3) is 11.1 Å². The van der Waals surface area contributed by atoms with Crippen molar-refractivity contribution in [2.45, 2.75) is 39.5 Å². The van der Waals surface area contributed by atoms with Crippen LogP contribution >= 0.6 is 11.3 Å². The monoisotopic (exact) mass is 455 g/mol. The van der Waals surface area contributed by atoms with Crippen molar-refractivity contribution in [1.82, 2.24) is 10.2 Å². The van der Waals surface area contributed by atoms with Gasteiger partial charge in [0.15, 0.2) is 0 Å². The summed E-state index contributed by atoms with van der Waals surface area (Å²) in [6.07, 6.45) is 0. The van der Waals surface area contributed by atoms with Gasteiger partial charge in [-0.25, -0.2) is 0 Å². The second-order valence-corrected chi connectivity index (χ2v) is 10.00. The number of hydrogen-bond donors (Lipinski definition) is 1. The number of benzene rings is 3. The van der Waals surface area contributed by atoms with Crippen LogP contribution in [0.5, 0.6) is 0 Å². The summed E-state index contributed by atoms with van der Waals surface area (Å²) in [5, 5.41) is 11.3. The zero-order valence-corrected chi connectivity index (χ0v) is 20.3. The summed E-state index contributed by atoms with van der Waals surface area (Å²) in [5.41, 5.74) is 6.80. The number of nitrogens with zero attached hydrogens (tertiary/aromatic N) is 2. The van der Waals surface area contributed by atoms with Crippen LogP contribution in [0, 0.1) is 5.41 Å². The number of carbonyl (C=O) groups excluding carboxylic acids is 1. The van der Waals surface area contributed by atoms with Crippen molar-refractivity contribution in [3.63, 3.8) is 0 Å². The topological polar surface area (TPSA) is 54.9 Å². The maximum Gasteiger partial charge on any atom is 0.232 e. The van der Waals surface area contributed by atoms with Gasteiger partial charge < -0.3 is 5.32 Å². The van der Waals surface area contributed by atoms with Crippen molar-refractivity contribution in [2.75, 3.05) is 5.32 Å². The Morgan fingerprint density at radius 2 is 1.52 bits per heavy atom. The van der Waals surface area contributed by atoms with Crippen LogP contribution in [-0.4, -0.2) is 16.1 Å². The molecule has 0 aliphatic heterocycles. The molecule has 5 heteroatoms. The third kappa shape index (κ3) is 5.04. The lowest BCUT2D eigenvalue weighted by molar-refractivity contribution is -0.124. The molecule has 1 heterocycles. The summed E-state index contributed by atoms with van der Waals surface area (Å²) in [6, 6.07) is 27.5. The Morgan fingerprint density at radius 1 is 0.848 bits per heavy atom. The molecule has 0 spiro atoms. The van der Waals surface area contributed by atoms with Gasteiger partial charge in [-0.3, -0.25) is 4.79 Å². The Balaban J connectivity index is 1.69. The van der Waals surface area contributed by atoms with Crippen LogP contribution in [0.1, 0.15) is 56.2 Å². The molecule has 0 aliphatic rings. The van der Waals surface area contributed by atoms with Gasteiger partial charge in [-0.2, -0.15) is 0 Å². The minimum Gasteiger partial charge on any atom is -0.300 e. The van der Waals surface area contributed by atoms with Gasteiger partial charge in [0, 0.05) is 5.92 Å². The fourth-order valence-corrected chi connectivity index (χ4v) is 4.67. The second kappa shape index (κ2) is 9.67. The van der Waals surface area contributed by atoms with Crippen LogP contribution in [0.3, 0.4) is 0 Å². The predicted octanol–water partition coefficient (Wildman–Crippen LogP) is 7.13. The number of carbonyl (C=O) groups is 1. The van der Waals surface area contributed by atoms with Crippen LogP contribution in [0.15, 0.2) is 84.4 Å². The van der Waals surface area contributed by atoms with Gasteiger partial charge in [0.05, 0.1) is 5.41 Å². The van der Waals surface area contributed by atoms with E-state index in [0.29, 0.717) is 11.0 Å². The number of nitrogens with one attached hydrogen (secondary N) is 1. The Labute approximate surface area is 199 Å². The summed E-state index contributed by atoms with van der Waals surface area (Å²) >= 11 is 1.32. The molecule has 1 aromatic heterocycles. The SMILES string of the molecule is CC(C)c1cccc(-c2ccc(C(c3ccccc3)C(C)(C)C(=O)Nc3nncs3)cc2)c1. The zero-order valence-electron chi connectivity index (χ0n) is 19.4. The zero-order chi connectivity index (χ0) is 23.4. The highest BCUT2D eigenvalue weighted by atomic mass is 32.1. The molecule has 4 nitrogen and oxygen atoms in total. The minimum atomic E-state index is -0.716. The normalized spacial score (nSPS) is 12.5. The van der Waals surface area contributed by atoms with Crippen molar-refractivity contribution < 1.29 is 4.79 Å². The van der Waals surface area contributed by atoms with E-state index in [1.807, 2.05) is 32.0 Å². The number of amides is 1. The summed E-state index contributed by atoms with van der Waals surface area (Å²) in [4.78, 5) is 13.3. The van der Waals surface area contributed by atoms with E-state index in [0.717, 1.165) is 11.1 Å². The molecule has 1 unspecified atom stereocenters. The summed E-state index contributed by atoms with van der Waals surface area (Å²) in [7, 11) is 0. The van der Waals surface area contributed by atoms with Crippen molar-refractivity contribution >= 4 is 22.4 Å². The Kier molecular flexibility index (Phi) is 6.70. The molecule has 4 aromatic rings. The molecule has 0 saturated carbocycles. The smallest absolute Gasteiger partial charge is 0.232 e. The number of rotatable bonds is 7. The van der Waals surface area contributed by atoms with Crippen LogP contribution in [0.4, 0.5) is 5.13 Å². The molecule has 4 rings (SSSR count). The van der Waals surface area contributed by atoms with E-state index in [1.54, 1.807) is 5.51 Å². The maximum absolute atomic E-state index is 13.3. The Hall–Kier alpha value is -3.31. The highest BCUT2D eigenvalue weighted by Gasteiger charge is 2.39. The summed E-state index contributed by atoms with van der Waals surface area (Å²) in [6.45, 7) is 8.39. The lowest BCUT2D eigenvalue weighted by atomic mass is 9.70. The molecule has 0 saturated heterocycles. The van der Waals surface area contributed by atoms with Crippen molar-refractivity contribution in [1.29, 1.82) is 0 Å². The minimum absolute atomic E-state index is 0.0817. The molecule has 1 N–H and O–H groups in total. The summed E-state index contributed by atoms with van der Waals surface area (Å²) in [5.74, 6) is 0.281. The molecule has 0 radical (unpaired) electrons. The summed E-state index contributed by atoms with van der Waals surface area (Å²) < 4.78 is 0. The molecule has 1 atom stereocenters. The molecule has 33 heavy (non-hydrogen) atoms.